The molecule has 4 amide bonds. The lowest BCUT2D eigenvalue weighted by Crippen LogP contribution is -2.70. The fourth-order valence-electron chi connectivity index (χ4n) is 14.4. The van der Waals surface area contributed by atoms with E-state index in [9.17, 15) is 139 Å². The number of aliphatic carboxylic acids is 4. The van der Waals surface area contributed by atoms with Gasteiger partial charge >= 0.3 is 23.9 Å². The molecule has 0 aliphatic carbocycles. The molecule has 8 fully saturated rings. The first-order valence-corrected chi connectivity index (χ1v) is 37.8. The highest BCUT2D eigenvalue weighted by Gasteiger charge is 2.61. The number of hydrogen-bond acceptors (Lipinski definition) is 42. The number of carbonyl (C=O) groups is 8. The molecule has 0 aromatic rings. The van der Waals surface area contributed by atoms with Crippen molar-refractivity contribution in [2.75, 3.05) is 65.4 Å². The quantitative estimate of drug-likeness (QED) is 0.0266. The predicted octanol–water partition coefficient (Wildman–Crippen LogP) is -14.6. The molecule has 51 heteroatoms. The Balaban J connectivity index is 0.870. The molecule has 8 rings (SSSR count). The Morgan fingerprint density at radius 2 is 0.565 bits per heavy atom. The number of sulfone groups is 1. The lowest BCUT2D eigenvalue weighted by atomic mass is 9.92. The minimum absolute atomic E-state index is 0.594. The van der Waals surface area contributed by atoms with Crippen LogP contribution in [0, 0.1) is 0 Å². The van der Waals surface area contributed by atoms with Crippen molar-refractivity contribution < 1.29 is 224 Å². The molecule has 115 heavy (non-hydrogen) atoms. The Kier molecular flexibility index (Phi) is 33.9. The average molecular weight is 1700 g/mol. The normalized spacial score (nSPS) is 43.9. The molecule has 50 nitrogen and oxygen atoms in total. The van der Waals surface area contributed by atoms with Gasteiger partial charge in [0.1, 0.15) is 159 Å². The smallest absolute Gasteiger partial charge is 0.335 e. The third kappa shape index (κ3) is 22.3. The van der Waals surface area contributed by atoms with Gasteiger partial charge in [-0.05, 0) is 13.8 Å². The van der Waals surface area contributed by atoms with Crippen LogP contribution in [0.25, 0.3) is 0 Å². The summed E-state index contributed by atoms with van der Waals surface area (Å²) >= 11 is 0. The van der Waals surface area contributed by atoms with Crippen LogP contribution in [-0.2, 0) is 133 Å². The fourth-order valence-corrected chi connectivity index (χ4v) is 15.4. The van der Waals surface area contributed by atoms with Gasteiger partial charge in [0.25, 0.3) is 0 Å². The number of aliphatic hydroxyl groups excluding tert-OH is 14. The van der Waals surface area contributed by atoms with Crippen molar-refractivity contribution in [3.63, 3.8) is 0 Å². The summed E-state index contributed by atoms with van der Waals surface area (Å²) in [5.74, 6) is -12.0. The highest BCUT2D eigenvalue weighted by Crippen LogP contribution is 2.39. The maximum Gasteiger partial charge on any atom is 0.335 e. The number of rotatable bonds is 34. The minimum atomic E-state index is -4.14. The van der Waals surface area contributed by atoms with Crippen molar-refractivity contribution in [2.24, 2.45) is 0 Å². The number of hydrogen-bond donors (Lipinski definition) is 22. The molecular weight excluding hydrogens is 1590 g/mol. The highest BCUT2D eigenvalue weighted by atomic mass is 32.2. The maximum atomic E-state index is 13.4. The van der Waals surface area contributed by atoms with Crippen LogP contribution in [0.1, 0.15) is 41.5 Å². The van der Waals surface area contributed by atoms with Gasteiger partial charge in [-0.25, -0.2) is 27.6 Å². The number of methoxy groups -OCH3 is 2. The molecule has 0 aromatic heterocycles. The van der Waals surface area contributed by atoms with Gasteiger partial charge in [0.2, 0.25) is 23.6 Å². The number of amides is 4. The maximum absolute atomic E-state index is 13.4. The molecule has 0 saturated carbocycles. The van der Waals surface area contributed by atoms with Crippen molar-refractivity contribution in [1.82, 2.24) is 21.3 Å². The summed E-state index contributed by atoms with van der Waals surface area (Å²) in [5, 5.41) is 207. The molecule has 0 radical (unpaired) electrons. The first kappa shape index (κ1) is 94.9. The first-order chi connectivity index (χ1) is 54.0. The Morgan fingerprint density at radius 1 is 0.322 bits per heavy atom. The van der Waals surface area contributed by atoms with E-state index in [4.69, 9.17) is 85.3 Å². The third-order valence-corrected chi connectivity index (χ3v) is 21.8. The first-order valence-electron chi connectivity index (χ1n) is 36.0. The molecule has 8 aliphatic heterocycles. The highest BCUT2D eigenvalue weighted by molar-refractivity contribution is 7.91. The number of aliphatic hydroxyl groups is 14. The monoisotopic (exact) mass is 1690 g/mol. The van der Waals surface area contributed by atoms with Crippen LogP contribution in [-0.4, -0.2) is 458 Å². The van der Waals surface area contributed by atoms with Crippen LogP contribution in [0.2, 0.25) is 0 Å². The molecule has 0 spiro atoms. The lowest BCUT2D eigenvalue weighted by Gasteiger charge is -2.50. The molecular formula is C64H102N4O46S. The number of carbonyl (C=O) groups excluding carboxylic acids is 4. The van der Waals surface area contributed by atoms with Crippen molar-refractivity contribution in [2.45, 2.75) is 287 Å². The van der Waals surface area contributed by atoms with Gasteiger partial charge < -0.3 is 198 Å². The van der Waals surface area contributed by atoms with Crippen LogP contribution in [0.5, 0.6) is 0 Å². The van der Waals surface area contributed by atoms with Gasteiger partial charge in [-0.15, -0.1) is 0 Å². The van der Waals surface area contributed by atoms with Crippen molar-refractivity contribution in [1.29, 1.82) is 0 Å². The fraction of sp³-hybridized carbons (Fsp3) is 0.875. The zero-order chi connectivity index (χ0) is 85.4. The molecule has 0 bridgehead atoms. The van der Waals surface area contributed by atoms with E-state index in [1.165, 1.54) is 13.8 Å². The zero-order valence-electron chi connectivity index (χ0n) is 62.6. The van der Waals surface area contributed by atoms with Gasteiger partial charge in [0, 0.05) is 41.9 Å². The van der Waals surface area contributed by atoms with Crippen molar-refractivity contribution >= 4 is 57.3 Å². The van der Waals surface area contributed by atoms with Crippen LogP contribution in [0.4, 0.5) is 0 Å². The van der Waals surface area contributed by atoms with E-state index in [0.717, 1.165) is 41.9 Å². The molecule has 8 heterocycles. The predicted molar refractivity (Wildman–Crippen MR) is 359 cm³/mol. The zero-order valence-corrected chi connectivity index (χ0v) is 63.5. The second-order valence-corrected chi connectivity index (χ2v) is 30.7. The summed E-state index contributed by atoms with van der Waals surface area (Å²) in [5.41, 5.74) is 0. The van der Waals surface area contributed by atoms with Gasteiger partial charge in [-0.1, -0.05) is 0 Å². The average Bonchev–Trinajstić information content (AvgIpc) is 0.766. The summed E-state index contributed by atoms with van der Waals surface area (Å²) in [7, 11) is -2.12. The van der Waals surface area contributed by atoms with Crippen molar-refractivity contribution in [3.05, 3.63) is 0 Å². The second kappa shape index (κ2) is 41.1. The molecule has 8 aliphatic rings. The molecule has 40 atom stereocenters. The van der Waals surface area contributed by atoms with Crippen LogP contribution in [0.15, 0.2) is 0 Å². The van der Waals surface area contributed by atoms with Crippen molar-refractivity contribution in [3.8, 4) is 0 Å². The van der Waals surface area contributed by atoms with E-state index >= 15 is 0 Å². The minimum Gasteiger partial charge on any atom is -0.479 e. The largest absolute Gasteiger partial charge is 0.479 e. The van der Waals surface area contributed by atoms with E-state index in [2.05, 4.69) is 21.3 Å². The van der Waals surface area contributed by atoms with E-state index in [-0.39, 0.29) is 0 Å². The number of ether oxygens (including phenoxy) is 18. The third-order valence-electron chi connectivity index (χ3n) is 20.2. The molecule has 22 N–H and O–H groups in total. The van der Waals surface area contributed by atoms with Gasteiger partial charge in [0.05, 0.1) is 75.4 Å². The van der Waals surface area contributed by atoms with E-state index in [1.807, 2.05) is 0 Å². The summed E-state index contributed by atoms with van der Waals surface area (Å²) in [6.45, 7) is 2.22. The van der Waals surface area contributed by atoms with E-state index in [1.54, 1.807) is 0 Å². The van der Waals surface area contributed by atoms with Crippen LogP contribution in [0.3, 0.4) is 0 Å². The standard InChI is InChI=1S/C64H102N4O46S/c1-17-27(65-19(3)71)43(105-63-41(85)37(81)49(53(113-63)57(91)92)109-59-29(67-21(5)73)45(31(75)23(13-69)103-59)107-61-39(83)35(79)47(97-7)51(111-61)55(87)88)33(77)25(101-17)15-99-9-11-115(95,96)12-10-100-16-26-34(78)44(28(18(2)102-26)66-20(4)72)106-64-42(86)38(82)50(54(114-64)58(93)94)110-60-30(68-22(6)74)46(32(76)24(14-70)104-60)108-62-40(84)36(80)48(98-8)52(112-62)56(89)90/h17-18,23-54,59-64,69-70,75-86H,9-16H2,1-8H3,(H,65,71)(H,66,72)(H,67,73)(H,68,74)(H,87,88)(H,89,90)(H,91,92)(H,93,94)/t17-,18+,23?,24?,25?,26?,27?,28?,29?,30?,31?,32?,33?,34?,35?,36?,37?,38?,39?,40?,41?,42?,43?,44?,45?,46?,47?,48?,49?,50?,51?,52?,53?,54?,59?,60?,61?,62?,63?,64?. The van der Waals surface area contributed by atoms with Gasteiger partial charge in [0.15, 0.2) is 72.0 Å². The summed E-state index contributed by atoms with van der Waals surface area (Å²) in [6.07, 6.45) is -71.6. The Hall–Kier alpha value is -5.57. The molecule has 660 valence electrons. The van der Waals surface area contributed by atoms with Gasteiger partial charge in [-0.3, -0.25) is 19.2 Å². The topological polar surface area (TPSA) is 749 Å². The van der Waals surface area contributed by atoms with E-state index < -0.39 is 354 Å². The number of carboxylic acids is 4. The SMILES string of the molecule is COC1C(C(=O)O)OC(OC2C(O)C(CO)OC(OC3C(C(=O)O)OC(OC4C(O)C(COCCS(=O)(=O)CCOCC5O[C@H](C)C(NC(C)=O)C(OC6OC(C(=O)O)C(OC7OC(CO)C(O)C(OC8OC(C(=O)O)C(OC)C(O)C8O)C7NC(C)=O)C(O)C6O)C5O)O[C@@H](C)C4NC(C)=O)C(O)C3O)C2NC(C)=O)C(O)C1O. The molecule has 0 aromatic carbocycles. The molecule has 38 unspecified atom stereocenters. The summed E-state index contributed by atoms with van der Waals surface area (Å²) in [6, 6.07) is -6.46. The Morgan fingerprint density at radius 3 is 0.826 bits per heavy atom. The molecule has 8 saturated heterocycles. The summed E-state index contributed by atoms with van der Waals surface area (Å²) < 4.78 is 129. The Bertz CT molecular complexity index is 3170. The van der Waals surface area contributed by atoms with Gasteiger partial charge in [-0.2, -0.15) is 0 Å². The lowest BCUT2D eigenvalue weighted by molar-refractivity contribution is -0.366. The van der Waals surface area contributed by atoms with E-state index in [0.29, 0.717) is 0 Å². The van der Waals surface area contributed by atoms with Crippen LogP contribution < -0.4 is 21.3 Å². The number of nitrogens with one attached hydrogen (secondary N) is 4. The number of carboxylic acid groups (broad SMARTS) is 4. The Labute approximate surface area is 652 Å². The summed E-state index contributed by atoms with van der Waals surface area (Å²) in [4.78, 5) is 101. The van der Waals surface area contributed by atoms with Crippen LogP contribution >= 0.6 is 0 Å². The second-order valence-electron chi connectivity index (χ2n) is 28.4.